The van der Waals surface area contributed by atoms with Crippen LogP contribution in [0.5, 0.6) is 0 Å². The van der Waals surface area contributed by atoms with E-state index in [1.54, 1.807) is 23.9 Å². The summed E-state index contributed by atoms with van der Waals surface area (Å²) >= 11 is 0. The molecule has 0 aromatic carbocycles. The zero-order valence-corrected chi connectivity index (χ0v) is 16.6. The number of rotatable bonds is 9. The zero-order valence-electron chi connectivity index (χ0n) is 16.6. The molecule has 0 N–H and O–H groups in total. The molecule has 0 unspecified atom stereocenters. The number of carbonyl (C=O) groups excluding carboxylic acids is 2. The molecule has 26 heavy (non-hydrogen) atoms. The molecule has 6 nitrogen and oxygen atoms in total. The van der Waals surface area contributed by atoms with E-state index < -0.39 is 0 Å². The molecular weight excluding hydrogens is 332 g/mol. The van der Waals surface area contributed by atoms with Crippen LogP contribution < -0.4 is 0 Å². The molecule has 0 spiro atoms. The topological polar surface area (TPSA) is 59.1 Å². The van der Waals surface area contributed by atoms with E-state index in [0.29, 0.717) is 13.1 Å². The van der Waals surface area contributed by atoms with Crippen molar-refractivity contribution >= 4 is 11.8 Å². The molecule has 0 aliphatic heterocycles. The van der Waals surface area contributed by atoms with Gasteiger partial charge in [-0.25, -0.2) is 0 Å². The number of hydrogen-bond acceptors (Lipinski definition) is 4. The first-order chi connectivity index (χ1) is 12.6. The maximum absolute atomic E-state index is 12.2. The second kappa shape index (κ2) is 11.5. The van der Waals surface area contributed by atoms with Crippen LogP contribution >= 0.6 is 0 Å². The lowest BCUT2D eigenvalue weighted by molar-refractivity contribution is -0.141. The highest BCUT2D eigenvalue weighted by Gasteiger charge is 2.19. The highest BCUT2D eigenvalue weighted by atomic mass is 16.5. The van der Waals surface area contributed by atoms with Gasteiger partial charge in [0.1, 0.15) is 13.2 Å². The van der Waals surface area contributed by atoms with E-state index in [4.69, 9.17) is 9.47 Å². The standard InChI is InChI=1S/C20H36N2O4/c1-21(19(23)15-25-17-9-5-3-6-10-17)13-14-22(2)20(24)16-26-18-11-7-4-8-12-18/h17-18H,3-16H2,1-2H3. The van der Waals surface area contributed by atoms with Gasteiger partial charge in [-0.2, -0.15) is 0 Å². The molecule has 6 heteroatoms. The Morgan fingerprint density at radius 3 is 1.38 bits per heavy atom. The van der Waals surface area contributed by atoms with Crippen LogP contribution in [0.4, 0.5) is 0 Å². The molecule has 2 saturated carbocycles. The number of hydrogen-bond donors (Lipinski definition) is 0. The SMILES string of the molecule is CN(CCN(C)C(=O)COC1CCCCC1)C(=O)COC1CCCCC1. The predicted octanol–water partition coefficient (Wildman–Crippen LogP) is 2.60. The van der Waals surface area contributed by atoms with E-state index in [-0.39, 0.29) is 37.2 Å². The Hall–Kier alpha value is -1.14. The summed E-state index contributed by atoms with van der Waals surface area (Å²) < 4.78 is 11.5. The van der Waals surface area contributed by atoms with Crippen LogP contribution in [0.1, 0.15) is 64.2 Å². The Morgan fingerprint density at radius 2 is 1.04 bits per heavy atom. The van der Waals surface area contributed by atoms with Crippen LogP contribution in [0.15, 0.2) is 0 Å². The molecule has 2 aliphatic carbocycles. The molecule has 2 amide bonds. The monoisotopic (exact) mass is 368 g/mol. The number of amides is 2. The molecule has 0 atom stereocenters. The van der Waals surface area contributed by atoms with Crippen LogP contribution in [0.2, 0.25) is 0 Å². The molecule has 2 fully saturated rings. The van der Waals surface area contributed by atoms with Crippen LogP contribution in [0.3, 0.4) is 0 Å². The summed E-state index contributed by atoms with van der Waals surface area (Å²) in [5.74, 6) is -0.0373. The summed E-state index contributed by atoms with van der Waals surface area (Å²) in [6, 6.07) is 0. The van der Waals surface area contributed by atoms with Crippen molar-refractivity contribution in [1.29, 1.82) is 0 Å². The van der Waals surface area contributed by atoms with Crippen LogP contribution in [-0.4, -0.2) is 74.2 Å². The highest BCUT2D eigenvalue weighted by Crippen LogP contribution is 2.21. The number of likely N-dealkylation sites (N-methyl/N-ethyl adjacent to an activating group) is 2. The lowest BCUT2D eigenvalue weighted by atomic mass is 9.98. The smallest absolute Gasteiger partial charge is 0.248 e. The Morgan fingerprint density at radius 1 is 0.692 bits per heavy atom. The van der Waals surface area contributed by atoms with Crippen molar-refractivity contribution in [2.24, 2.45) is 0 Å². The molecule has 2 aliphatic rings. The van der Waals surface area contributed by atoms with E-state index in [0.717, 1.165) is 25.7 Å². The van der Waals surface area contributed by atoms with Crippen molar-refractivity contribution in [3.05, 3.63) is 0 Å². The van der Waals surface area contributed by atoms with Crippen LogP contribution in [0, 0.1) is 0 Å². The van der Waals surface area contributed by atoms with Crippen molar-refractivity contribution in [3.63, 3.8) is 0 Å². The molecule has 150 valence electrons. The third-order valence-electron chi connectivity index (χ3n) is 5.61. The summed E-state index contributed by atoms with van der Waals surface area (Å²) in [4.78, 5) is 27.6. The predicted molar refractivity (Wildman–Crippen MR) is 101 cm³/mol. The highest BCUT2D eigenvalue weighted by molar-refractivity contribution is 5.78. The fourth-order valence-corrected chi connectivity index (χ4v) is 3.61. The second-order valence-corrected chi connectivity index (χ2v) is 7.77. The van der Waals surface area contributed by atoms with Crippen molar-refractivity contribution in [3.8, 4) is 0 Å². The van der Waals surface area contributed by atoms with Gasteiger partial charge in [0.25, 0.3) is 0 Å². The molecule has 0 saturated heterocycles. The minimum Gasteiger partial charge on any atom is -0.368 e. The summed E-state index contributed by atoms with van der Waals surface area (Å²) in [5, 5.41) is 0. The van der Waals surface area contributed by atoms with Gasteiger partial charge >= 0.3 is 0 Å². The summed E-state index contributed by atoms with van der Waals surface area (Å²) in [6.07, 6.45) is 12.1. The third kappa shape index (κ3) is 7.62. The fourth-order valence-electron chi connectivity index (χ4n) is 3.61. The number of nitrogens with zero attached hydrogens (tertiary/aromatic N) is 2. The molecule has 0 aromatic heterocycles. The number of ether oxygens (including phenoxy) is 2. The quantitative estimate of drug-likeness (QED) is 0.628. The maximum atomic E-state index is 12.2. The van der Waals surface area contributed by atoms with E-state index in [2.05, 4.69) is 0 Å². The van der Waals surface area contributed by atoms with Gasteiger partial charge in [-0.15, -0.1) is 0 Å². The first kappa shape index (κ1) is 21.2. The molecule has 0 radical (unpaired) electrons. The molecule has 0 aromatic rings. The van der Waals surface area contributed by atoms with Gasteiger partial charge in [0.2, 0.25) is 11.8 Å². The van der Waals surface area contributed by atoms with Gasteiger partial charge in [-0.3, -0.25) is 9.59 Å². The Balaban J connectivity index is 1.57. The Kier molecular flexibility index (Phi) is 9.40. The van der Waals surface area contributed by atoms with Gasteiger partial charge in [0, 0.05) is 27.2 Å². The normalized spacial score (nSPS) is 19.3. The van der Waals surface area contributed by atoms with Crippen molar-refractivity contribution in [2.75, 3.05) is 40.4 Å². The summed E-state index contributed by atoms with van der Waals surface area (Å²) in [6.45, 7) is 1.31. The van der Waals surface area contributed by atoms with Gasteiger partial charge in [-0.1, -0.05) is 38.5 Å². The zero-order chi connectivity index (χ0) is 18.8. The summed E-state index contributed by atoms with van der Waals surface area (Å²) in [5.41, 5.74) is 0. The van der Waals surface area contributed by atoms with Crippen molar-refractivity contribution in [1.82, 2.24) is 9.80 Å². The van der Waals surface area contributed by atoms with E-state index in [1.165, 1.54) is 38.5 Å². The third-order valence-corrected chi connectivity index (χ3v) is 5.61. The molecular formula is C20H36N2O4. The van der Waals surface area contributed by atoms with Crippen molar-refractivity contribution in [2.45, 2.75) is 76.4 Å². The Bertz CT molecular complexity index is 392. The lowest BCUT2D eigenvalue weighted by Gasteiger charge is -2.26. The first-order valence-corrected chi connectivity index (χ1v) is 10.3. The average Bonchev–Trinajstić information content (AvgIpc) is 2.69. The minimum atomic E-state index is -0.0186. The van der Waals surface area contributed by atoms with Gasteiger partial charge in [0.05, 0.1) is 12.2 Å². The lowest BCUT2D eigenvalue weighted by Crippen LogP contribution is -2.40. The number of carbonyl (C=O) groups is 2. The van der Waals surface area contributed by atoms with Gasteiger partial charge < -0.3 is 19.3 Å². The Labute approximate surface area is 158 Å². The van der Waals surface area contributed by atoms with E-state index >= 15 is 0 Å². The first-order valence-electron chi connectivity index (χ1n) is 10.3. The molecule has 0 heterocycles. The molecule has 2 rings (SSSR count). The fraction of sp³-hybridized carbons (Fsp3) is 0.900. The van der Waals surface area contributed by atoms with Gasteiger partial charge in [-0.05, 0) is 25.7 Å². The minimum absolute atomic E-state index is 0.0186. The summed E-state index contributed by atoms with van der Waals surface area (Å²) in [7, 11) is 3.53. The van der Waals surface area contributed by atoms with Crippen LogP contribution in [0.25, 0.3) is 0 Å². The van der Waals surface area contributed by atoms with E-state index in [1.807, 2.05) is 0 Å². The van der Waals surface area contributed by atoms with Crippen molar-refractivity contribution < 1.29 is 19.1 Å². The largest absolute Gasteiger partial charge is 0.368 e. The van der Waals surface area contributed by atoms with Gasteiger partial charge in [0.15, 0.2) is 0 Å². The second-order valence-electron chi connectivity index (χ2n) is 7.77. The maximum Gasteiger partial charge on any atom is 0.248 e. The average molecular weight is 369 g/mol. The van der Waals surface area contributed by atoms with E-state index in [9.17, 15) is 9.59 Å². The molecule has 0 bridgehead atoms. The van der Waals surface area contributed by atoms with Crippen LogP contribution in [-0.2, 0) is 19.1 Å².